The van der Waals surface area contributed by atoms with Crippen LogP contribution < -0.4 is 11.1 Å². The maximum atomic E-state index is 12.5. The highest BCUT2D eigenvalue weighted by atomic mass is 32.1. The smallest absolute Gasteiger partial charge is 0.348 e. The Morgan fingerprint density at radius 3 is 2.36 bits per heavy atom. The van der Waals surface area contributed by atoms with Gasteiger partial charge >= 0.3 is 5.97 Å². The number of thiophene rings is 1. The van der Waals surface area contributed by atoms with Crippen LogP contribution in [0.15, 0.2) is 24.3 Å². The monoisotopic (exact) mass is 360 g/mol. The molecule has 3 N–H and O–H groups in total. The first-order chi connectivity index (χ1) is 11.7. The Labute approximate surface area is 150 Å². The molecule has 1 aromatic carbocycles. The number of ether oxygens (including phenoxy) is 1. The van der Waals surface area contributed by atoms with Gasteiger partial charge in [-0.3, -0.25) is 9.59 Å². The summed E-state index contributed by atoms with van der Waals surface area (Å²) in [7, 11) is 0. The molecule has 0 atom stereocenters. The molecule has 25 heavy (non-hydrogen) atoms. The average Bonchev–Trinajstić information content (AvgIpc) is 2.83. The van der Waals surface area contributed by atoms with Crippen molar-refractivity contribution in [2.24, 2.45) is 5.73 Å². The van der Waals surface area contributed by atoms with E-state index in [-0.39, 0.29) is 27.5 Å². The Morgan fingerprint density at radius 1 is 1.16 bits per heavy atom. The predicted octanol–water partition coefficient (Wildman–Crippen LogP) is 3.28. The fraction of sp³-hybridized carbons (Fsp3) is 0.278. The lowest BCUT2D eigenvalue weighted by atomic mass is 10.1. The highest BCUT2D eigenvalue weighted by Gasteiger charge is 2.26. The standard InChI is InChI=1S/C18H20N2O4S/c1-9(2)24-18(23)14-11(4)13(15(19)21)17(25-14)20-16(22)12-8-6-5-7-10(12)3/h5-9H,1-4H3,(H2,19,21)(H,20,22). The van der Waals surface area contributed by atoms with Crippen molar-refractivity contribution in [1.29, 1.82) is 0 Å². The van der Waals surface area contributed by atoms with E-state index in [1.54, 1.807) is 32.9 Å². The zero-order valence-corrected chi connectivity index (χ0v) is 15.3. The van der Waals surface area contributed by atoms with Crippen LogP contribution >= 0.6 is 11.3 Å². The molecule has 0 spiro atoms. The first-order valence-electron chi connectivity index (χ1n) is 7.73. The van der Waals surface area contributed by atoms with Crippen LogP contribution in [0.4, 0.5) is 5.00 Å². The van der Waals surface area contributed by atoms with Crippen LogP contribution in [0.5, 0.6) is 0 Å². The number of carbonyl (C=O) groups is 3. The lowest BCUT2D eigenvalue weighted by molar-refractivity contribution is 0.0383. The summed E-state index contributed by atoms with van der Waals surface area (Å²) < 4.78 is 5.18. The Hall–Kier alpha value is -2.67. The molecule has 0 saturated carbocycles. The third-order valence-corrected chi connectivity index (χ3v) is 4.73. The number of hydrogen-bond acceptors (Lipinski definition) is 5. The van der Waals surface area contributed by atoms with Gasteiger partial charge in [0.15, 0.2) is 0 Å². The van der Waals surface area contributed by atoms with Gasteiger partial charge in [-0.2, -0.15) is 0 Å². The number of amides is 2. The van der Waals surface area contributed by atoms with Crippen molar-refractivity contribution in [3.8, 4) is 0 Å². The lowest BCUT2D eigenvalue weighted by Gasteiger charge is -2.07. The first-order valence-corrected chi connectivity index (χ1v) is 8.55. The van der Waals surface area contributed by atoms with Gasteiger partial charge in [-0.25, -0.2) is 4.79 Å². The van der Waals surface area contributed by atoms with E-state index in [9.17, 15) is 14.4 Å². The number of benzene rings is 1. The van der Waals surface area contributed by atoms with E-state index in [1.165, 1.54) is 0 Å². The number of primary amides is 1. The number of anilines is 1. The lowest BCUT2D eigenvalue weighted by Crippen LogP contribution is -2.18. The minimum Gasteiger partial charge on any atom is -0.459 e. The van der Waals surface area contributed by atoms with Crippen LogP contribution in [-0.2, 0) is 4.74 Å². The predicted molar refractivity (Wildman–Crippen MR) is 97.3 cm³/mol. The summed E-state index contributed by atoms with van der Waals surface area (Å²) in [6.45, 7) is 6.89. The molecule has 0 aliphatic carbocycles. The molecule has 6 nitrogen and oxygen atoms in total. The van der Waals surface area contributed by atoms with Gasteiger partial charge in [-0.05, 0) is 44.9 Å². The van der Waals surface area contributed by atoms with Gasteiger partial charge in [0, 0.05) is 5.56 Å². The van der Waals surface area contributed by atoms with Crippen LogP contribution in [0.25, 0.3) is 0 Å². The van der Waals surface area contributed by atoms with Crippen LogP contribution in [0, 0.1) is 13.8 Å². The van der Waals surface area contributed by atoms with E-state index in [1.807, 2.05) is 19.1 Å². The summed E-state index contributed by atoms with van der Waals surface area (Å²) in [4.78, 5) is 36.8. The normalized spacial score (nSPS) is 10.6. The van der Waals surface area contributed by atoms with E-state index < -0.39 is 11.9 Å². The summed E-state index contributed by atoms with van der Waals surface area (Å²) >= 11 is 0.986. The number of carbonyl (C=O) groups excluding carboxylic acids is 3. The molecular weight excluding hydrogens is 340 g/mol. The van der Waals surface area contributed by atoms with Crippen molar-refractivity contribution in [1.82, 2.24) is 0 Å². The van der Waals surface area contributed by atoms with Gasteiger partial charge in [0.05, 0.1) is 11.7 Å². The molecule has 2 aromatic rings. The summed E-state index contributed by atoms with van der Waals surface area (Å²) in [5.74, 6) is -1.63. The van der Waals surface area contributed by atoms with Gasteiger partial charge in [-0.15, -0.1) is 11.3 Å². The average molecular weight is 360 g/mol. The van der Waals surface area contributed by atoms with E-state index >= 15 is 0 Å². The third-order valence-electron chi connectivity index (χ3n) is 3.54. The number of rotatable bonds is 5. The maximum Gasteiger partial charge on any atom is 0.348 e. The SMILES string of the molecule is Cc1ccccc1C(=O)Nc1sc(C(=O)OC(C)C)c(C)c1C(N)=O. The summed E-state index contributed by atoms with van der Waals surface area (Å²) in [6, 6.07) is 7.08. The summed E-state index contributed by atoms with van der Waals surface area (Å²) in [5.41, 5.74) is 7.25. The highest BCUT2D eigenvalue weighted by molar-refractivity contribution is 7.18. The minimum absolute atomic E-state index is 0.127. The second kappa shape index (κ2) is 7.48. The number of nitrogens with two attached hydrogens (primary N) is 1. The molecule has 1 aromatic heterocycles. The van der Waals surface area contributed by atoms with E-state index in [0.29, 0.717) is 11.1 Å². The minimum atomic E-state index is -0.711. The first kappa shape index (κ1) is 18.7. The molecule has 0 aliphatic heterocycles. The second-order valence-corrected chi connectivity index (χ2v) is 6.87. The summed E-state index contributed by atoms with van der Waals surface area (Å²) in [5, 5.41) is 2.93. The largest absolute Gasteiger partial charge is 0.459 e. The zero-order valence-electron chi connectivity index (χ0n) is 14.5. The van der Waals surface area contributed by atoms with Gasteiger partial charge in [0.25, 0.3) is 11.8 Å². The molecule has 0 fully saturated rings. The number of aryl methyl sites for hydroxylation is 1. The van der Waals surface area contributed by atoms with Gasteiger partial charge < -0.3 is 15.8 Å². The quantitative estimate of drug-likeness (QED) is 0.799. The third kappa shape index (κ3) is 4.06. The van der Waals surface area contributed by atoms with Crippen molar-refractivity contribution >= 4 is 34.1 Å². The van der Waals surface area contributed by atoms with Crippen LogP contribution in [-0.4, -0.2) is 23.9 Å². The van der Waals surface area contributed by atoms with E-state index in [4.69, 9.17) is 10.5 Å². The van der Waals surface area contributed by atoms with Crippen molar-refractivity contribution in [3.63, 3.8) is 0 Å². The molecule has 0 saturated heterocycles. The molecule has 7 heteroatoms. The molecule has 2 amide bonds. The van der Waals surface area contributed by atoms with Crippen molar-refractivity contribution in [3.05, 3.63) is 51.4 Å². The van der Waals surface area contributed by atoms with Gasteiger partial charge in [0.2, 0.25) is 0 Å². The van der Waals surface area contributed by atoms with E-state index in [0.717, 1.165) is 16.9 Å². The Bertz CT molecular complexity index is 840. The zero-order chi connectivity index (χ0) is 18.7. The Kier molecular flexibility index (Phi) is 5.58. The highest BCUT2D eigenvalue weighted by Crippen LogP contribution is 2.34. The fourth-order valence-corrected chi connectivity index (χ4v) is 3.45. The fourth-order valence-electron chi connectivity index (χ4n) is 2.36. The molecule has 0 aliphatic rings. The molecule has 0 radical (unpaired) electrons. The van der Waals surface area contributed by atoms with Gasteiger partial charge in [0.1, 0.15) is 9.88 Å². The topological polar surface area (TPSA) is 98.5 Å². The number of hydrogen-bond donors (Lipinski definition) is 2. The molecular formula is C18H20N2O4S. The van der Waals surface area contributed by atoms with Crippen molar-refractivity contribution in [2.75, 3.05) is 5.32 Å². The second-order valence-electron chi connectivity index (χ2n) is 5.85. The number of esters is 1. The molecule has 0 bridgehead atoms. The molecule has 0 unspecified atom stereocenters. The summed E-state index contributed by atoms with van der Waals surface area (Å²) in [6.07, 6.45) is -0.295. The Morgan fingerprint density at radius 2 is 1.80 bits per heavy atom. The molecule has 2 rings (SSSR count). The maximum absolute atomic E-state index is 12.5. The number of nitrogens with one attached hydrogen (secondary N) is 1. The van der Waals surface area contributed by atoms with Crippen molar-refractivity contribution in [2.45, 2.75) is 33.8 Å². The van der Waals surface area contributed by atoms with E-state index in [2.05, 4.69) is 5.32 Å². The van der Waals surface area contributed by atoms with Gasteiger partial charge in [-0.1, -0.05) is 18.2 Å². The van der Waals surface area contributed by atoms with Crippen LogP contribution in [0.2, 0.25) is 0 Å². The molecule has 132 valence electrons. The van der Waals surface area contributed by atoms with Crippen molar-refractivity contribution < 1.29 is 19.1 Å². The molecule has 1 heterocycles. The van der Waals surface area contributed by atoms with Crippen LogP contribution in [0.3, 0.4) is 0 Å². The van der Waals surface area contributed by atoms with Crippen LogP contribution in [0.1, 0.15) is 55.4 Å². The Balaban J connectivity index is 2.40.